The quantitative estimate of drug-likeness (QED) is 0.619. The topological polar surface area (TPSA) is 58.3 Å². The van der Waals surface area contributed by atoms with E-state index in [2.05, 4.69) is 17.4 Å². The molecule has 1 aromatic rings. The molecular formula is C11H16N2O. The third-order valence-electron chi connectivity index (χ3n) is 2.82. The molecule has 4 N–H and O–H groups in total. The maximum atomic E-state index is 9.62. The summed E-state index contributed by atoms with van der Waals surface area (Å²) in [6, 6.07) is 8.42. The second-order valence-corrected chi connectivity index (χ2v) is 3.76. The molecule has 0 bridgehead atoms. The molecule has 0 saturated heterocycles. The molecule has 1 heterocycles. The van der Waals surface area contributed by atoms with Crippen LogP contribution in [-0.2, 0) is 13.0 Å². The summed E-state index contributed by atoms with van der Waals surface area (Å²) in [6.45, 7) is 1.15. The average Bonchev–Trinajstić information content (AvgIpc) is 2.27. The van der Waals surface area contributed by atoms with Gasteiger partial charge in [-0.3, -0.25) is 0 Å². The molecule has 14 heavy (non-hydrogen) atoms. The Morgan fingerprint density at radius 3 is 2.86 bits per heavy atom. The van der Waals surface area contributed by atoms with E-state index in [1.165, 1.54) is 11.1 Å². The van der Waals surface area contributed by atoms with Crippen LogP contribution in [0.1, 0.15) is 11.1 Å². The molecule has 76 valence electrons. The highest BCUT2D eigenvalue weighted by molar-refractivity contribution is 5.30. The second-order valence-electron chi connectivity index (χ2n) is 3.76. The van der Waals surface area contributed by atoms with Crippen molar-refractivity contribution >= 4 is 0 Å². The summed E-state index contributed by atoms with van der Waals surface area (Å²) < 4.78 is 0. The second kappa shape index (κ2) is 4.09. The summed E-state index contributed by atoms with van der Waals surface area (Å²) in [5.74, 6) is 0. The molecule has 1 aliphatic rings. The molecule has 0 spiro atoms. The number of benzene rings is 1. The van der Waals surface area contributed by atoms with Crippen LogP contribution in [0.3, 0.4) is 0 Å². The zero-order chi connectivity index (χ0) is 9.97. The predicted molar refractivity (Wildman–Crippen MR) is 55.8 cm³/mol. The Labute approximate surface area is 83.9 Å². The molecule has 0 radical (unpaired) electrons. The van der Waals surface area contributed by atoms with E-state index in [0.29, 0.717) is 6.54 Å². The largest absolute Gasteiger partial charge is 0.390 e. The lowest BCUT2D eigenvalue weighted by Crippen LogP contribution is -2.47. The molecule has 3 heteroatoms. The summed E-state index contributed by atoms with van der Waals surface area (Å²) in [6.07, 6.45) is 0.428. The van der Waals surface area contributed by atoms with Gasteiger partial charge >= 0.3 is 0 Å². The lowest BCUT2D eigenvalue weighted by Gasteiger charge is -2.29. The Balaban J connectivity index is 2.13. The van der Waals surface area contributed by atoms with Gasteiger partial charge in [-0.25, -0.2) is 0 Å². The average molecular weight is 192 g/mol. The Hall–Kier alpha value is -0.900. The van der Waals surface area contributed by atoms with Crippen molar-refractivity contribution in [1.82, 2.24) is 5.32 Å². The summed E-state index contributed by atoms with van der Waals surface area (Å²) >= 11 is 0. The Kier molecular flexibility index (Phi) is 2.82. The molecule has 0 saturated carbocycles. The number of nitrogens with two attached hydrogens (primary N) is 1. The first-order valence-electron chi connectivity index (χ1n) is 4.99. The van der Waals surface area contributed by atoms with Crippen molar-refractivity contribution in [1.29, 1.82) is 0 Å². The first-order chi connectivity index (χ1) is 6.81. The van der Waals surface area contributed by atoms with Crippen LogP contribution in [0.15, 0.2) is 24.3 Å². The molecule has 0 amide bonds. The van der Waals surface area contributed by atoms with Gasteiger partial charge in [0.15, 0.2) is 0 Å². The van der Waals surface area contributed by atoms with Crippen molar-refractivity contribution in [2.24, 2.45) is 5.73 Å². The highest BCUT2D eigenvalue weighted by Crippen LogP contribution is 2.17. The SMILES string of the molecule is NC[C@@H](O)C1Cc2ccccc2CN1. The minimum atomic E-state index is -0.441. The number of hydrogen-bond donors (Lipinski definition) is 3. The van der Waals surface area contributed by atoms with Crippen LogP contribution >= 0.6 is 0 Å². The Bertz CT molecular complexity index is 314. The third kappa shape index (κ3) is 1.80. The summed E-state index contributed by atoms with van der Waals surface area (Å²) in [7, 11) is 0. The maximum absolute atomic E-state index is 9.62. The van der Waals surface area contributed by atoms with Gasteiger partial charge in [0.1, 0.15) is 0 Å². The minimum absolute atomic E-state index is 0.106. The molecule has 3 nitrogen and oxygen atoms in total. The molecular weight excluding hydrogens is 176 g/mol. The van der Waals surface area contributed by atoms with Gasteiger partial charge in [0.2, 0.25) is 0 Å². The fourth-order valence-corrected chi connectivity index (χ4v) is 1.92. The molecule has 1 aliphatic heterocycles. The Morgan fingerprint density at radius 1 is 1.43 bits per heavy atom. The minimum Gasteiger partial charge on any atom is -0.390 e. The van der Waals surface area contributed by atoms with Crippen LogP contribution in [-0.4, -0.2) is 23.8 Å². The summed E-state index contributed by atoms with van der Waals surface area (Å²) in [5, 5.41) is 12.9. The van der Waals surface area contributed by atoms with Crippen LogP contribution in [0.4, 0.5) is 0 Å². The third-order valence-corrected chi connectivity index (χ3v) is 2.82. The molecule has 0 aliphatic carbocycles. The van der Waals surface area contributed by atoms with Gasteiger partial charge in [-0.05, 0) is 17.5 Å². The molecule has 0 aromatic heterocycles. The summed E-state index contributed by atoms with van der Waals surface area (Å²) in [4.78, 5) is 0. The van der Waals surface area contributed by atoms with Crippen LogP contribution in [0.5, 0.6) is 0 Å². The van der Waals surface area contributed by atoms with Gasteiger partial charge in [0, 0.05) is 19.1 Å². The van der Waals surface area contributed by atoms with Gasteiger partial charge in [-0.1, -0.05) is 24.3 Å². The van der Waals surface area contributed by atoms with Gasteiger partial charge in [-0.2, -0.15) is 0 Å². The molecule has 0 fully saturated rings. The number of fused-ring (bicyclic) bond motifs is 1. The monoisotopic (exact) mass is 192 g/mol. The Morgan fingerprint density at radius 2 is 2.14 bits per heavy atom. The van der Waals surface area contributed by atoms with Crippen molar-refractivity contribution in [2.75, 3.05) is 6.54 Å². The predicted octanol–water partition coefficient (Wildman–Crippen LogP) is 0.0205. The first-order valence-corrected chi connectivity index (χ1v) is 4.99. The van der Waals surface area contributed by atoms with Crippen molar-refractivity contribution < 1.29 is 5.11 Å². The highest BCUT2D eigenvalue weighted by Gasteiger charge is 2.22. The number of nitrogens with one attached hydrogen (secondary N) is 1. The van der Waals surface area contributed by atoms with E-state index in [1.54, 1.807) is 0 Å². The van der Waals surface area contributed by atoms with E-state index in [1.807, 2.05) is 12.1 Å². The van der Waals surface area contributed by atoms with Crippen molar-refractivity contribution in [3.8, 4) is 0 Å². The number of hydrogen-bond acceptors (Lipinski definition) is 3. The van der Waals surface area contributed by atoms with Gasteiger partial charge in [0.25, 0.3) is 0 Å². The van der Waals surface area contributed by atoms with E-state index < -0.39 is 6.10 Å². The first kappa shape index (κ1) is 9.65. The van der Waals surface area contributed by atoms with Crippen molar-refractivity contribution in [3.63, 3.8) is 0 Å². The number of rotatable bonds is 2. The lowest BCUT2D eigenvalue weighted by molar-refractivity contribution is 0.130. The van der Waals surface area contributed by atoms with Crippen LogP contribution in [0.2, 0.25) is 0 Å². The van der Waals surface area contributed by atoms with Gasteiger partial charge in [0.05, 0.1) is 6.10 Å². The van der Waals surface area contributed by atoms with E-state index in [9.17, 15) is 5.11 Å². The van der Waals surface area contributed by atoms with Crippen LogP contribution in [0.25, 0.3) is 0 Å². The van der Waals surface area contributed by atoms with Crippen molar-refractivity contribution in [2.45, 2.75) is 25.1 Å². The molecule has 2 rings (SSSR count). The normalized spacial score (nSPS) is 22.9. The molecule has 1 unspecified atom stereocenters. The molecule has 2 atom stereocenters. The van der Waals surface area contributed by atoms with E-state index >= 15 is 0 Å². The molecule has 1 aromatic carbocycles. The fourth-order valence-electron chi connectivity index (χ4n) is 1.92. The lowest BCUT2D eigenvalue weighted by atomic mass is 9.93. The van der Waals surface area contributed by atoms with Crippen molar-refractivity contribution in [3.05, 3.63) is 35.4 Å². The fraction of sp³-hybridized carbons (Fsp3) is 0.455. The zero-order valence-electron chi connectivity index (χ0n) is 8.11. The number of aliphatic hydroxyl groups is 1. The maximum Gasteiger partial charge on any atom is 0.0818 e. The summed E-state index contributed by atoms with van der Waals surface area (Å²) in [5.41, 5.74) is 8.08. The standard InChI is InChI=1S/C11H16N2O/c12-6-11(14)10-5-8-3-1-2-4-9(8)7-13-10/h1-4,10-11,13-14H,5-7,12H2/t10?,11-/m1/s1. The van der Waals surface area contributed by atoms with Gasteiger partial charge < -0.3 is 16.2 Å². The van der Waals surface area contributed by atoms with Crippen LogP contribution in [0, 0.1) is 0 Å². The smallest absolute Gasteiger partial charge is 0.0818 e. The van der Waals surface area contributed by atoms with Crippen LogP contribution < -0.4 is 11.1 Å². The van der Waals surface area contributed by atoms with Gasteiger partial charge in [-0.15, -0.1) is 0 Å². The highest BCUT2D eigenvalue weighted by atomic mass is 16.3. The van der Waals surface area contributed by atoms with E-state index in [0.717, 1.165) is 13.0 Å². The number of aliphatic hydroxyl groups excluding tert-OH is 1. The van der Waals surface area contributed by atoms with E-state index in [4.69, 9.17) is 5.73 Å². The van der Waals surface area contributed by atoms with E-state index in [-0.39, 0.29) is 6.04 Å². The zero-order valence-corrected chi connectivity index (χ0v) is 8.11.